The molecule has 90 valence electrons. The fraction of sp³-hybridized carbons (Fsp3) is 0.867. The molecule has 3 saturated carbocycles. The summed E-state index contributed by atoms with van der Waals surface area (Å²) in [5.74, 6) is 1.74. The van der Waals surface area contributed by atoms with Crippen molar-refractivity contribution in [1.82, 2.24) is 0 Å². The molecule has 1 heteroatoms. The van der Waals surface area contributed by atoms with Crippen LogP contribution in [0.15, 0.2) is 11.6 Å². The molecule has 3 rings (SSSR count). The first-order valence-electron chi connectivity index (χ1n) is 7.17. The van der Waals surface area contributed by atoms with Gasteiger partial charge in [-0.15, -0.1) is 0 Å². The molecule has 0 aromatic rings. The van der Waals surface area contributed by atoms with E-state index < -0.39 is 0 Å². The fourth-order valence-corrected chi connectivity index (χ4v) is 4.07. The van der Waals surface area contributed by atoms with E-state index in [9.17, 15) is 0 Å². The van der Waals surface area contributed by atoms with Crippen molar-refractivity contribution in [3.8, 4) is 0 Å². The van der Waals surface area contributed by atoms with Crippen molar-refractivity contribution in [1.29, 1.82) is 0 Å². The number of hydrogen-bond acceptors (Lipinski definition) is 1. The van der Waals surface area contributed by atoms with Crippen LogP contribution in [0.1, 0.15) is 58.3 Å². The van der Waals surface area contributed by atoms with Gasteiger partial charge < -0.3 is 4.74 Å². The molecule has 0 spiro atoms. The average molecular weight is 220 g/mol. The van der Waals surface area contributed by atoms with Crippen LogP contribution in [0.4, 0.5) is 0 Å². The zero-order valence-corrected chi connectivity index (χ0v) is 10.5. The molecule has 0 aromatic carbocycles. The Hall–Kier alpha value is -0.300. The molecule has 16 heavy (non-hydrogen) atoms. The fourth-order valence-electron chi connectivity index (χ4n) is 4.07. The minimum atomic E-state index is 0.577. The van der Waals surface area contributed by atoms with Gasteiger partial charge in [0.25, 0.3) is 0 Å². The van der Waals surface area contributed by atoms with Crippen molar-refractivity contribution in [2.75, 3.05) is 0 Å². The maximum absolute atomic E-state index is 6.38. The van der Waals surface area contributed by atoms with Gasteiger partial charge in [0.15, 0.2) is 0 Å². The van der Waals surface area contributed by atoms with Gasteiger partial charge in [0.1, 0.15) is 0 Å². The normalized spacial score (nSPS) is 42.1. The molecule has 1 nitrogen and oxygen atoms in total. The van der Waals surface area contributed by atoms with Crippen molar-refractivity contribution in [2.24, 2.45) is 11.8 Å². The second kappa shape index (κ2) is 4.52. The van der Waals surface area contributed by atoms with Gasteiger partial charge >= 0.3 is 0 Å². The van der Waals surface area contributed by atoms with Crippen LogP contribution >= 0.6 is 0 Å². The first kappa shape index (κ1) is 10.8. The standard InChI is InChI=1S/C15H24O/c1-2-12-8-11-9-14(12)15(10-11)16-13-6-4-3-5-7-13/h2,11,13-15H,3-10H2,1H3/b12-2-. The third kappa shape index (κ3) is 1.95. The Balaban J connectivity index is 1.59. The minimum absolute atomic E-state index is 0.577. The third-order valence-electron chi connectivity index (χ3n) is 4.89. The van der Waals surface area contributed by atoms with E-state index >= 15 is 0 Å². The van der Waals surface area contributed by atoms with Crippen molar-refractivity contribution in [3.63, 3.8) is 0 Å². The highest BCUT2D eigenvalue weighted by Crippen LogP contribution is 2.50. The Kier molecular flexibility index (Phi) is 3.06. The Morgan fingerprint density at radius 1 is 1.12 bits per heavy atom. The number of fused-ring (bicyclic) bond motifs is 2. The lowest BCUT2D eigenvalue weighted by Gasteiger charge is -2.31. The molecule has 0 N–H and O–H groups in total. The second-order valence-corrected chi connectivity index (χ2v) is 5.95. The molecule has 0 saturated heterocycles. The molecular formula is C15H24O. The Morgan fingerprint density at radius 3 is 2.62 bits per heavy atom. The highest BCUT2D eigenvalue weighted by Gasteiger charge is 2.43. The molecular weight excluding hydrogens is 196 g/mol. The van der Waals surface area contributed by atoms with E-state index in [-0.39, 0.29) is 0 Å². The topological polar surface area (TPSA) is 9.23 Å². The van der Waals surface area contributed by atoms with Gasteiger partial charge in [-0.1, -0.05) is 30.9 Å². The van der Waals surface area contributed by atoms with E-state index in [2.05, 4.69) is 13.0 Å². The number of rotatable bonds is 2. The van der Waals surface area contributed by atoms with E-state index in [0.29, 0.717) is 12.2 Å². The summed E-state index contributed by atoms with van der Waals surface area (Å²) in [6.07, 6.45) is 14.5. The lowest BCUT2D eigenvalue weighted by Crippen LogP contribution is -2.29. The summed E-state index contributed by atoms with van der Waals surface area (Å²) in [6, 6.07) is 0. The zero-order chi connectivity index (χ0) is 11.0. The predicted octanol–water partition coefficient (Wildman–Crippen LogP) is 4.08. The monoisotopic (exact) mass is 220 g/mol. The van der Waals surface area contributed by atoms with E-state index in [1.807, 2.05) is 0 Å². The predicted molar refractivity (Wildman–Crippen MR) is 66.3 cm³/mol. The highest BCUT2D eigenvalue weighted by molar-refractivity contribution is 5.19. The van der Waals surface area contributed by atoms with Crippen molar-refractivity contribution in [2.45, 2.75) is 70.5 Å². The minimum Gasteiger partial charge on any atom is -0.374 e. The third-order valence-corrected chi connectivity index (χ3v) is 4.89. The lowest BCUT2D eigenvalue weighted by molar-refractivity contribution is -0.0453. The quantitative estimate of drug-likeness (QED) is 0.637. The van der Waals surface area contributed by atoms with E-state index in [1.54, 1.807) is 5.57 Å². The lowest BCUT2D eigenvalue weighted by atomic mass is 9.91. The molecule has 0 aromatic heterocycles. The van der Waals surface area contributed by atoms with E-state index in [0.717, 1.165) is 11.8 Å². The first-order valence-corrected chi connectivity index (χ1v) is 7.17. The summed E-state index contributed by atoms with van der Waals surface area (Å²) in [5.41, 5.74) is 1.69. The largest absolute Gasteiger partial charge is 0.374 e. The van der Waals surface area contributed by atoms with E-state index in [4.69, 9.17) is 4.74 Å². The van der Waals surface area contributed by atoms with E-state index in [1.165, 1.54) is 51.4 Å². The molecule has 0 amide bonds. The molecule has 3 atom stereocenters. The summed E-state index contributed by atoms with van der Waals surface area (Å²) >= 11 is 0. The van der Waals surface area contributed by atoms with Gasteiger partial charge in [0.05, 0.1) is 12.2 Å². The number of ether oxygens (including phenoxy) is 1. The zero-order valence-electron chi connectivity index (χ0n) is 10.5. The van der Waals surface area contributed by atoms with Gasteiger partial charge in [-0.05, 0) is 44.9 Å². The van der Waals surface area contributed by atoms with Gasteiger partial charge in [-0.2, -0.15) is 0 Å². The summed E-state index contributed by atoms with van der Waals surface area (Å²) in [6.45, 7) is 2.20. The molecule has 2 bridgehead atoms. The SMILES string of the molecule is C/C=C1/CC2CC(OC3CCCCC3)C1C2. The van der Waals surface area contributed by atoms with Crippen LogP contribution in [0.3, 0.4) is 0 Å². The van der Waals surface area contributed by atoms with Gasteiger partial charge in [-0.3, -0.25) is 0 Å². The van der Waals surface area contributed by atoms with Crippen LogP contribution < -0.4 is 0 Å². The summed E-state index contributed by atoms with van der Waals surface area (Å²) < 4.78 is 6.38. The maximum atomic E-state index is 6.38. The molecule has 3 aliphatic carbocycles. The molecule has 0 aliphatic heterocycles. The Labute approximate surface area is 99.3 Å². The molecule has 0 heterocycles. The van der Waals surface area contributed by atoms with Crippen LogP contribution in [0, 0.1) is 11.8 Å². The number of allylic oxidation sites excluding steroid dienone is 1. The van der Waals surface area contributed by atoms with Crippen LogP contribution in [-0.4, -0.2) is 12.2 Å². The van der Waals surface area contributed by atoms with Gasteiger partial charge in [-0.25, -0.2) is 0 Å². The summed E-state index contributed by atoms with van der Waals surface area (Å²) in [5, 5.41) is 0. The molecule has 0 radical (unpaired) electrons. The first-order chi connectivity index (χ1) is 7.86. The Bertz CT molecular complexity index is 275. The average Bonchev–Trinajstić information content (AvgIpc) is 2.89. The second-order valence-electron chi connectivity index (χ2n) is 5.95. The van der Waals surface area contributed by atoms with Crippen LogP contribution in [-0.2, 0) is 4.74 Å². The van der Waals surface area contributed by atoms with Crippen LogP contribution in [0.2, 0.25) is 0 Å². The summed E-state index contributed by atoms with van der Waals surface area (Å²) in [7, 11) is 0. The maximum Gasteiger partial charge on any atom is 0.0646 e. The van der Waals surface area contributed by atoms with Gasteiger partial charge in [0, 0.05) is 5.92 Å². The highest BCUT2D eigenvalue weighted by atomic mass is 16.5. The number of hydrogen-bond donors (Lipinski definition) is 0. The summed E-state index contributed by atoms with van der Waals surface area (Å²) in [4.78, 5) is 0. The Morgan fingerprint density at radius 2 is 1.94 bits per heavy atom. The van der Waals surface area contributed by atoms with Gasteiger partial charge in [0.2, 0.25) is 0 Å². The van der Waals surface area contributed by atoms with Crippen molar-refractivity contribution >= 4 is 0 Å². The molecule has 3 fully saturated rings. The molecule has 3 aliphatic rings. The van der Waals surface area contributed by atoms with Crippen molar-refractivity contribution < 1.29 is 4.74 Å². The van der Waals surface area contributed by atoms with Crippen LogP contribution in [0.25, 0.3) is 0 Å². The molecule has 3 unspecified atom stereocenters. The van der Waals surface area contributed by atoms with Crippen molar-refractivity contribution in [3.05, 3.63) is 11.6 Å². The smallest absolute Gasteiger partial charge is 0.0646 e. The van der Waals surface area contributed by atoms with Crippen LogP contribution in [0.5, 0.6) is 0 Å².